The van der Waals surface area contributed by atoms with Crippen LogP contribution in [0.1, 0.15) is 58.8 Å². The van der Waals surface area contributed by atoms with E-state index in [1.165, 1.54) is 5.57 Å². The largest absolute Gasteiger partial charge is 0.493 e. The number of allylic oxidation sites excluding steroid dienone is 1. The van der Waals surface area contributed by atoms with Gasteiger partial charge in [0, 0.05) is 12.3 Å². The molecule has 0 aromatic heterocycles. The summed E-state index contributed by atoms with van der Waals surface area (Å²) in [7, 11) is 0. The van der Waals surface area contributed by atoms with Gasteiger partial charge in [-0.05, 0) is 70.4 Å². The van der Waals surface area contributed by atoms with Crippen LogP contribution in [0.25, 0.3) is 0 Å². The van der Waals surface area contributed by atoms with Gasteiger partial charge in [-0.1, -0.05) is 42.5 Å². The quantitative estimate of drug-likeness (QED) is 0.289. The maximum atomic E-state index is 11.9. The van der Waals surface area contributed by atoms with Gasteiger partial charge in [-0.2, -0.15) is 0 Å². The van der Waals surface area contributed by atoms with Gasteiger partial charge >= 0.3 is 5.97 Å². The van der Waals surface area contributed by atoms with Crippen LogP contribution in [-0.4, -0.2) is 30.9 Å². The summed E-state index contributed by atoms with van der Waals surface area (Å²) in [6.07, 6.45) is 11.1. The Hall–Kier alpha value is -2.07. The van der Waals surface area contributed by atoms with E-state index in [9.17, 15) is 4.79 Å². The zero-order valence-corrected chi connectivity index (χ0v) is 18.4. The normalized spacial score (nSPS) is 26.6. The number of para-hydroxylation sites is 1. The van der Waals surface area contributed by atoms with Gasteiger partial charge in [0.15, 0.2) is 0 Å². The summed E-state index contributed by atoms with van der Waals surface area (Å²) in [5.74, 6) is 1.67. The van der Waals surface area contributed by atoms with Gasteiger partial charge in [0.2, 0.25) is 0 Å². The van der Waals surface area contributed by atoms with Crippen LogP contribution < -0.4 is 4.74 Å². The van der Waals surface area contributed by atoms with Crippen molar-refractivity contribution in [2.24, 2.45) is 11.8 Å². The number of benzene rings is 1. The van der Waals surface area contributed by atoms with Crippen LogP contribution in [0.15, 0.2) is 54.6 Å². The number of ether oxygens (including phenoxy) is 3. The van der Waals surface area contributed by atoms with E-state index < -0.39 is 0 Å². The summed E-state index contributed by atoms with van der Waals surface area (Å²) < 4.78 is 17.5. The van der Waals surface area contributed by atoms with Crippen LogP contribution in [0.5, 0.6) is 5.75 Å². The molecule has 2 aliphatic rings. The lowest BCUT2D eigenvalue weighted by Crippen LogP contribution is -2.25. The van der Waals surface area contributed by atoms with Crippen LogP contribution in [-0.2, 0) is 14.3 Å². The first-order valence-corrected chi connectivity index (χ1v) is 11.4. The van der Waals surface area contributed by atoms with Crippen molar-refractivity contribution in [1.29, 1.82) is 0 Å². The average Bonchev–Trinajstić information content (AvgIpc) is 3.04. The lowest BCUT2D eigenvalue weighted by atomic mass is 9.86. The zero-order chi connectivity index (χ0) is 21.3. The van der Waals surface area contributed by atoms with E-state index in [0.29, 0.717) is 24.9 Å². The minimum Gasteiger partial charge on any atom is -0.493 e. The Bertz CT molecular complexity index is 709. The van der Waals surface area contributed by atoms with Gasteiger partial charge in [0.25, 0.3) is 0 Å². The second-order valence-corrected chi connectivity index (χ2v) is 8.72. The molecular formula is C26H36O4. The fraction of sp³-hybridized carbons (Fsp3) is 0.577. The first-order valence-electron chi connectivity index (χ1n) is 11.4. The minimum atomic E-state index is -0.127. The third-order valence-corrected chi connectivity index (χ3v) is 5.99. The molecule has 0 bridgehead atoms. The molecule has 0 unspecified atom stereocenters. The van der Waals surface area contributed by atoms with Crippen molar-refractivity contribution < 1.29 is 19.0 Å². The molecule has 164 valence electrons. The standard InChI is InChI=1S/C26H36O4/c1-19(2)29-25(27)17-15-23-14-12-20(3)26-21(13-16-24(26)30-23)9-7-8-18-28-22-10-5-4-6-11-22/h4-7,9-11,19,21,23-24,26H,3,8,12-18H2,1-2H3/b9-7+/t21-,23-,24-,26+/m0/s1. The molecule has 1 aromatic rings. The Morgan fingerprint density at radius 2 is 2.03 bits per heavy atom. The molecule has 1 saturated heterocycles. The maximum Gasteiger partial charge on any atom is 0.306 e. The van der Waals surface area contributed by atoms with Gasteiger partial charge in [0.05, 0.1) is 24.9 Å². The van der Waals surface area contributed by atoms with Crippen LogP contribution >= 0.6 is 0 Å². The molecule has 0 N–H and O–H groups in total. The Kier molecular flexibility index (Phi) is 8.56. The van der Waals surface area contributed by atoms with E-state index in [1.54, 1.807) is 0 Å². The van der Waals surface area contributed by atoms with Gasteiger partial charge in [-0.3, -0.25) is 4.79 Å². The molecule has 0 radical (unpaired) electrons. The molecule has 1 aliphatic carbocycles. The van der Waals surface area contributed by atoms with Gasteiger partial charge in [-0.25, -0.2) is 0 Å². The van der Waals surface area contributed by atoms with Crippen LogP contribution in [0.4, 0.5) is 0 Å². The van der Waals surface area contributed by atoms with E-state index in [0.717, 1.165) is 44.3 Å². The van der Waals surface area contributed by atoms with Gasteiger partial charge in [-0.15, -0.1) is 0 Å². The highest BCUT2D eigenvalue weighted by Gasteiger charge is 2.40. The lowest BCUT2D eigenvalue weighted by Gasteiger charge is -2.24. The van der Waals surface area contributed by atoms with Crippen LogP contribution in [0, 0.1) is 11.8 Å². The molecule has 0 amide bonds. The Morgan fingerprint density at radius 3 is 2.80 bits per heavy atom. The highest BCUT2D eigenvalue weighted by atomic mass is 16.5. The predicted molar refractivity (Wildman–Crippen MR) is 119 cm³/mol. The molecule has 2 fully saturated rings. The Balaban J connectivity index is 1.45. The molecular weight excluding hydrogens is 376 g/mol. The number of carbonyl (C=O) groups excluding carboxylic acids is 1. The van der Waals surface area contributed by atoms with Crippen molar-refractivity contribution in [3.63, 3.8) is 0 Å². The summed E-state index contributed by atoms with van der Waals surface area (Å²) in [4.78, 5) is 11.9. The summed E-state index contributed by atoms with van der Waals surface area (Å²) in [6, 6.07) is 9.94. The number of rotatable bonds is 9. The monoisotopic (exact) mass is 412 g/mol. The molecule has 4 heteroatoms. The molecule has 1 aliphatic heterocycles. The van der Waals surface area contributed by atoms with E-state index in [2.05, 4.69) is 18.7 Å². The number of hydrogen-bond donors (Lipinski definition) is 0. The highest BCUT2D eigenvalue weighted by molar-refractivity contribution is 5.69. The molecule has 3 rings (SSSR count). The van der Waals surface area contributed by atoms with E-state index >= 15 is 0 Å². The Labute approximate surface area is 181 Å². The SMILES string of the molecule is C=C1CC[C@@H](CCC(=O)OC(C)C)O[C@H]2CC[C@H](/C=C/CCOc3ccccc3)[C@@H]12. The topological polar surface area (TPSA) is 44.8 Å². The third kappa shape index (κ3) is 6.73. The predicted octanol–water partition coefficient (Wildman–Crippen LogP) is 5.87. The van der Waals surface area contributed by atoms with Crippen LogP contribution in [0.2, 0.25) is 0 Å². The number of carbonyl (C=O) groups is 1. The van der Waals surface area contributed by atoms with Crippen molar-refractivity contribution in [1.82, 2.24) is 0 Å². The fourth-order valence-electron chi connectivity index (χ4n) is 4.60. The summed E-state index contributed by atoms with van der Waals surface area (Å²) >= 11 is 0. The summed E-state index contributed by atoms with van der Waals surface area (Å²) in [6.45, 7) is 8.84. The zero-order valence-electron chi connectivity index (χ0n) is 18.4. The number of fused-ring (bicyclic) bond motifs is 1. The first-order chi connectivity index (χ1) is 14.5. The second kappa shape index (κ2) is 11.4. The van der Waals surface area contributed by atoms with Gasteiger partial charge in [0.1, 0.15) is 5.75 Å². The lowest BCUT2D eigenvalue weighted by molar-refractivity contribution is -0.148. The average molecular weight is 413 g/mol. The van der Waals surface area contributed by atoms with Crippen molar-refractivity contribution in [3.8, 4) is 5.75 Å². The summed E-state index contributed by atoms with van der Waals surface area (Å²) in [5.41, 5.74) is 1.31. The van der Waals surface area contributed by atoms with E-state index in [-0.39, 0.29) is 24.3 Å². The van der Waals surface area contributed by atoms with Crippen molar-refractivity contribution in [3.05, 3.63) is 54.6 Å². The molecule has 1 aromatic carbocycles. The van der Waals surface area contributed by atoms with Gasteiger partial charge < -0.3 is 14.2 Å². The van der Waals surface area contributed by atoms with E-state index in [1.807, 2.05) is 44.2 Å². The maximum absolute atomic E-state index is 11.9. The molecule has 0 spiro atoms. The van der Waals surface area contributed by atoms with Crippen molar-refractivity contribution >= 4 is 5.97 Å². The smallest absolute Gasteiger partial charge is 0.306 e. The summed E-state index contributed by atoms with van der Waals surface area (Å²) in [5, 5.41) is 0. The first kappa shape index (κ1) is 22.6. The second-order valence-electron chi connectivity index (χ2n) is 8.72. The Morgan fingerprint density at radius 1 is 1.23 bits per heavy atom. The van der Waals surface area contributed by atoms with Crippen molar-refractivity contribution in [2.45, 2.75) is 77.1 Å². The minimum absolute atomic E-state index is 0.0582. The molecule has 4 atom stereocenters. The van der Waals surface area contributed by atoms with E-state index in [4.69, 9.17) is 14.2 Å². The number of hydrogen-bond acceptors (Lipinski definition) is 4. The van der Waals surface area contributed by atoms with Crippen LogP contribution in [0.3, 0.4) is 0 Å². The molecule has 4 nitrogen and oxygen atoms in total. The third-order valence-electron chi connectivity index (χ3n) is 5.99. The fourth-order valence-corrected chi connectivity index (χ4v) is 4.60. The molecule has 30 heavy (non-hydrogen) atoms. The number of esters is 1. The molecule has 1 heterocycles. The van der Waals surface area contributed by atoms with Crippen molar-refractivity contribution in [2.75, 3.05) is 6.61 Å². The highest BCUT2D eigenvalue weighted by Crippen LogP contribution is 2.44. The molecule has 1 saturated carbocycles.